The molecule has 1 aromatic rings. The van der Waals surface area contributed by atoms with E-state index in [-0.39, 0.29) is 0 Å². The summed E-state index contributed by atoms with van der Waals surface area (Å²) < 4.78 is 0. The zero-order chi connectivity index (χ0) is 10.7. The van der Waals surface area contributed by atoms with Crippen LogP contribution in [0.4, 0.5) is 5.69 Å². The summed E-state index contributed by atoms with van der Waals surface area (Å²) in [7, 11) is 0. The van der Waals surface area contributed by atoms with Crippen molar-refractivity contribution in [1.29, 1.82) is 0 Å². The Morgan fingerprint density at radius 3 is 3.13 bits per heavy atom. The second-order valence-corrected chi connectivity index (χ2v) is 5.19. The molecule has 2 nitrogen and oxygen atoms in total. The van der Waals surface area contributed by atoms with Gasteiger partial charge in [-0.2, -0.15) is 0 Å². The molecule has 3 N–H and O–H groups in total. The lowest BCUT2D eigenvalue weighted by Crippen LogP contribution is -2.23. The molecule has 0 bridgehead atoms. The highest BCUT2D eigenvalue weighted by atomic mass is 32.2. The first-order valence-corrected chi connectivity index (χ1v) is 6.46. The third-order valence-electron chi connectivity index (χ3n) is 2.81. The summed E-state index contributed by atoms with van der Waals surface area (Å²) in [5, 5.41) is 3.51. The Labute approximate surface area is 95.6 Å². The molecule has 1 aliphatic rings. The van der Waals surface area contributed by atoms with E-state index in [2.05, 4.69) is 24.4 Å². The zero-order valence-corrected chi connectivity index (χ0v) is 9.94. The smallest absolute Gasteiger partial charge is 0.0325 e. The second-order valence-electron chi connectivity index (χ2n) is 4.13. The molecular weight excluding hydrogens is 204 g/mol. The van der Waals surface area contributed by atoms with E-state index in [1.165, 1.54) is 29.8 Å². The maximum absolute atomic E-state index is 5.78. The second kappa shape index (κ2) is 4.90. The van der Waals surface area contributed by atoms with Crippen LogP contribution in [0.2, 0.25) is 0 Å². The third-order valence-corrected chi connectivity index (χ3v) is 4.13. The molecule has 3 heteroatoms. The molecule has 0 saturated carbocycles. The lowest BCUT2D eigenvalue weighted by Gasteiger charge is -2.11. The van der Waals surface area contributed by atoms with Crippen molar-refractivity contribution in [2.75, 3.05) is 18.0 Å². The Kier molecular flexibility index (Phi) is 3.54. The van der Waals surface area contributed by atoms with Gasteiger partial charge in [0.15, 0.2) is 0 Å². The average Bonchev–Trinajstić information content (AvgIpc) is 2.72. The van der Waals surface area contributed by atoms with E-state index in [0.717, 1.165) is 11.4 Å². The van der Waals surface area contributed by atoms with Crippen molar-refractivity contribution in [2.24, 2.45) is 0 Å². The quantitative estimate of drug-likeness (QED) is 0.609. The molecule has 1 fully saturated rings. The topological polar surface area (TPSA) is 38.0 Å². The van der Waals surface area contributed by atoms with Crippen LogP contribution in [0.1, 0.15) is 18.4 Å². The summed E-state index contributed by atoms with van der Waals surface area (Å²) in [5.74, 6) is 1.16. The van der Waals surface area contributed by atoms with Crippen molar-refractivity contribution >= 4 is 17.4 Å². The summed E-state index contributed by atoms with van der Waals surface area (Å²) in [4.78, 5) is 1.32. The van der Waals surface area contributed by atoms with Crippen LogP contribution in [0.25, 0.3) is 0 Å². The Morgan fingerprint density at radius 2 is 2.40 bits per heavy atom. The molecule has 0 aliphatic carbocycles. The fourth-order valence-corrected chi connectivity index (χ4v) is 3.04. The van der Waals surface area contributed by atoms with Gasteiger partial charge in [0, 0.05) is 22.4 Å². The van der Waals surface area contributed by atoms with E-state index in [1.54, 1.807) is 0 Å². The fourth-order valence-electron chi connectivity index (χ4n) is 1.86. The van der Waals surface area contributed by atoms with E-state index < -0.39 is 0 Å². The Morgan fingerprint density at radius 1 is 1.53 bits per heavy atom. The van der Waals surface area contributed by atoms with Crippen LogP contribution in [-0.4, -0.2) is 18.3 Å². The molecule has 1 aromatic carbocycles. The van der Waals surface area contributed by atoms with Crippen LogP contribution < -0.4 is 11.1 Å². The van der Waals surface area contributed by atoms with Gasteiger partial charge in [0.1, 0.15) is 0 Å². The Balaban J connectivity index is 1.94. The van der Waals surface area contributed by atoms with Gasteiger partial charge in [0.25, 0.3) is 0 Å². The third kappa shape index (κ3) is 2.89. The zero-order valence-electron chi connectivity index (χ0n) is 9.12. The molecule has 1 saturated heterocycles. The average molecular weight is 222 g/mol. The molecule has 1 heterocycles. The predicted molar refractivity (Wildman–Crippen MR) is 67.3 cm³/mol. The number of nitrogen functional groups attached to an aromatic ring is 1. The molecule has 1 aliphatic heterocycles. The van der Waals surface area contributed by atoms with Gasteiger partial charge in [-0.05, 0) is 44.0 Å². The molecule has 1 atom stereocenters. The first kappa shape index (κ1) is 10.8. The SMILES string of the molecule is Cc1ccc(N)cc1SC[C@H]1CCCN1. The highest BCUT2D eigenvalue weighted by molar-refractivity contribution is 7.99. The van der Waals surface area contributed by atoms with Gasteiger partial charge in [-0.3, -0.25) is 0 Å². The molecule has 0 amide bonds. The lowest BCUT2D eigenvalue weighted by molar-refractivity contribution is 0.674. The Bertz CT molecular complexity index is 332. The van der Waals surface area contributed by atoms with E-state index in [1.807, 2.05) is 17.8 Å². The van der Waals surface area contributed by atoms with Gasteiger partial charge in [-0.15, -0.1) is 11.8 Å². The van der Waals surface area contributed by atoms with Gasteiger partial charge in [-0.1, -0.05) is 6.07 Å². The van der Waals surface area contributed by atoms with Crippen LogP contribution in [0.5, 0.6) is 0 Å². The van der Waals surface area contributed by atoms with Crippen molar-refractivity contribution in [3.63, 3.8) is 0 Å². The van der Waals surface area contributed by atoms with E-state index in [4.69, 9.17) is 5.73 Å². The number of nitrogens with one attached hydrogen (secondary N) is 1. The first-order chi connectivity index (χ1) is 7.25. The van der Waals surface area contributed by atoms with Crippen LogP contribution in [-0.2, 0) is 0 Å². The largest absolute Gasteiger partial charge is 0.399 e. The van der Waals surface area contributed by atoms with E-state index >= 15 is 0 Å². The van der Waals surface area contributed by atoms with Gasteiger partial charge < -0.3 is 11.1 Å². The molecule has 82 valence electrons. The normalized spacial score (nSPS) is 20.7. The van der Waals surface area contributed by atoms with Gasteiger partial charge >= 0.3 is 0 Å². The number of rotatable bonds is 3. The summed E-state index contributed by atoms with van der Waals surface area (Å²) in [5.41, 5.74) is 7.97. The number of benzene rings is 1. The maximum atomic E-state index is 5.78. The van der Waals surface area contributed by atoms with Crippen LogP contribution in [0.3, 0.4) is 0 Å². The summed E-state index contributed by atoms with van der Waals surface area (Å²) >= 11 is 1.92. The molecule has 0 spiro atoms. The molecule has 0 unspecified atom stereocenters. The minimum absolute atomic E-state index is 0.691. The monoisotopic (exact) mass is 222 g/mol. The highest BCUT2D eigenvalue weighted by Crippen LogP contribution is 2.26. The molecule has 2 rings (SSSR count). The van der Waals surface area contributed by atoms with Gasteiger partial charge in [-0.25, -0.2) is 0 Å². The van der Waals surface area contributed by atoms with Crippen molar-refractivity contribution < 1.29 is 0 Å². The summed E-state index contributed by atoms with van der Waals surface area (Å²) in [6, 6.07) is 6.83. The highest BCUT2D eigenvalue weighted by Gasteiger charge is 2.14. The number of thioether (sulfide) groups is 1. The number of hydrogen-bond donors (Lipinski definition) is 2. The minimum atomic E-state index is 0.691. The van der Waals surface area contributed by atoms with Crippen LogP contribution in [0.15, 0.2) is 23.1 Å². The number of anilines is 1. The van der Waals surface area contributed by atoms with Crippen LogP contribution >= 0.6 is 11.8 Å². The Hall–Kier alpha value is -0.670. The van der Waals surface area contributed by atoms with Crippen LogP contribution in [0, 0.1) is 6.92 Å². The van der Waals surface area contributed by atoms with E-state index in [0.29, 0.717) is 6.04 Å². The van der Waals surface area contributed by atoms with Crippen molar-refractivity contribution in [1.82, 2.24) is 5.32 Å². The lowest BCUT2D eigenvalue weighted by atomic mass is 10.2. The van der Waals surface area contributed by atoms with E-state index in [9.17, 15) is 0 Å². The predicted octanol–water partition coefficient (Wildman–Crippen LogP) is 2.42. The first-order valence-electron chi connectivity index (χ1n) is 5.48. The fraction of sp³-hybridized carbons (Fsp3) is 0.500. The summed E-state index contributed by atoms with van der Waals surface area (Å²) in [6.07, 6.45) is 2.63. The van der Waals surface area contributed by atoms with Gasteiger partial charge in [0.05, 0.1) is 0 Å². The molecule has 15 heavy (non-hydrogen) atoms. The van der Waals surface area contributed by atoms with Crippen molar-refractivity contribution in [3.05, 3.63) is 23.8 Å². The molecule has 0 radical (unpaired) electrons. The number of aryl methyl sites for hydroxylation is 1. The van der Waals surface area contributed by atoms with Crippen molar-refractivity contribution in [2.45, 2.75) is 30.7 Å². The molecule has 0 aromatic heterocycles. The molecular formula is C12H18N2S. The number of nitrogens with two attached hydrogens (primary N) is 1. The van der Waals surface area contributed by atoms with Gasteiger partial charge in [0.2, 0.25) is 0 Å². The standard InChI is InChI=1S/C12H18N2S/c1-9-4-5-10(13)7-12(9)15-8-11-3-2-6-14-11/h4-5,7,11,14H,2-3,6,8,13H2,1H3/t11-/m1/s1. The summed E-state index contributed by atoms with van der Waals surface area (Å²) in [6.45, 7) is 3.32. The number of hydrogen-bond acceptors (Lipinski definition) is 3. The maximum Gasteiger partial charge on any atom is 0.0325 e. The minimum Gasteiger partial charge on any atom is -0.399 e. The van der Waals surface area contributed by atoms with Crippen molar-refractivity contribution in [3.8, 4) is 0 Å².